The van der Waals surface area contributed by atoms with Gasteiger partial charge in [0.05, 0.1) is 5.92 Å². The van der Waals surface area contributed by atoms with Crippen LogP contribution in [0, 0.1) is 17.8 Å². The molecule has 1 unspecified atom stereocenters. The van der Waals surface area contributed by atoms with Crippen molar-refractivity contribution in [1.82, 2.24) is 5.32 Å². The average Bonchev–Trinajstić information content (AvgIpc) is 2.66. The van der Waals surface area contributed by atoms with E-state index in [2.05, 4.69) is 17.2 Å². The molecular formula is C23H27NO4. The van der Waals surface area contributed by atoms with Crippen LogP contribution in [0.25, 0.3) is 0 Å². The van der Waals surface area contributed by atoms with Crippen LogP contribution in [0.4, 0.5) is 0 Å². The number of unbranched alkanes of at least 4 members (excludes halogenated alkanes) is 3. The fourth-order valence-corrected chi connectivity index (χ4v) is 3.10. The second-order valence-corrected chi connectivity index (χ2v) is 6.95. The maximum atomic E-state index is 11.9. The predicted molar refractivity (Wildman–Crippen MR) is 108 cm³/mol. The number of amides is 2. The molecule has 0 aromatic heterocycles. The van der Waals surface area contributed by atoms with Gasteiger partial charge in [0.1, 0.15) is 0 Å². The van der Waals surface area contributed by atoms with Crippen molar-refractivity contribution < 1.29 is 19.5 Å². The Morgan fingerprint density at radius 3 is 2.82 bits per heavy atom. The van der Waals surface area contributed by atoms with Crippen LogP contribution in [-0.2, 0) is 16.0 Å². The monoisotopic (exact) mass is 381 g/mol. The molecule has 1 aromatic carbocycles. The van der Waals surface area contributed by atoms with Crippen molar-refractivity contribution in [2.75, 3.05) is 6.61 Å². The van der Waals surface area contributed by atoms with Gasteiger partial charge in [-0.3, -0.25) is 19.7 Å². The van der Waals surface area contributed by atoms with Crippen molar-refractivity contribution in [2.24, 2.45) is 5.92 Å². The highest BCUT2D eigenvalue weighted by atomic mass is 16.3. The highest BCUT2D eigenvalue weighted by Crippen LogP contribution is 2.17. The van der Waals surface area contributed by atoms with Gasteiger partial charge in [-0.25, -0.2) is 0 Å². The van der Waals surface area contributed by atoms with Gasteiger partial charge in [0.15, 0.2) is 5.78 Å². The Bertz CT molecular complexity index is 814. The Morgan fingerprint density at radius 1 is 1.29 bits per heavy atom. The zero-order chi connectivity index (χ0) is 20.4. The van der Waals surface area contributed by atoms with E-state index >= 15 is 0 Å². The van der Waals surface area contributed by atoms with Crippen molar-refractivity contribution in [1.29, 1.82) is 0 Å². The summed E-state index contributed by atoms with van der Waals surface area (Å²) in [5, 5.41) is 11.1. The summed E-state index contributed by atoms with van der Waals surface area (Å²) in [6.07, 6.45) is 8.59. The third kappa shape index (κ3) is 6.79. The van der Waals surface area contributed by atoms with Crippen LogP contribution >= 0.6 is 0 Å². The number of allylic oxidation sites excluding steroid dienone is 1. The summed E-state index contributed by atoms with van der Waals surface area (Å²) in [6.45, 7) is 1.75. The molecular weight excluding hydrogens is 354 g/mol. The van der Waals surface area contributed by atoms with Crippen LogP contribution in [-0.4, -0.2) is 29.3 Å². The van der Waals surface area contributed by atoms with Crippen LogP contribution < -0.4 is 5.32 Å². The number of rotatable bonds is 8. The first-order valence-electron chi connectivity index (χ1n) is 9.75. The van der Waals surface area contributed by atoms with Crippen LogP contribution in [0.5, 0.6) is 0 Å². The third-order valence-electron chi connectivity index (χ3n) is 4.67. The molecule has 148 valence electrons. The Hall–Kier alpha value is -2.71. The van der Waals surface area contributed by atoms with Gasteiger partial charge in [0.2, 0.25) is 11.8 Å². The van der Waals surface area contributed by atoms with Crippen LogP contribution in [0.2, 0.25) is 0 Å². The number of aliphatic hydroxyl groups is 1. The summed E-state index contributed by atoms with van der Waals surface area (Å²) in [5.74, 6) is 5.46. The van der Waals surface area contributed by atoms with E-state index in [-0.39, 0.29) is 30.1 Å². The van der Waals surface area contributed by atoms with Crippen LogP contribution in [0.3, 0.4) is 0 Å². The van der Waals surface area contributed by atoms with Crippen molar-refractivity contribution in [2.45, 2.75) is 51.9 Å². The van der Waals surface area contributed by atoms with Gasteiger partial charge in [-0.2, -0.15) is 0 Å². The first kappa shape index (κ1) is 21.6. The third-order valence-corrected chi connectivity index (χ3v) is 4.67. The summed E-state index contributed by atoms with van der Waals surface area (Å²) in [6, 6.07) is 5.57. The molecule has 1 fully saturated rings. The topological polar surface area (TPSA) is 83.5 Å². The minimum atomic E-state index is -0.305. The lowest BCUT2D eigenvalue weighted by Gasteiger charge is -2.17. The maximum Gasteiger partial charge on any atom is 0.233 e. The number of carbonyl (C=O) groups is 3. The zero-order valence-corrected chi connectivity index (χ0v) is 16.3. The quantitative estimate of drug-likeness (QED) is 0.238. The van der Waals surface area contributed by atoms with Gasteiger partial charge in [-0.15, -0.1) is 0 Å². The number of carbonyl (C=O) groups excluding carboxylic acids is 3. The lowest BCUT2D eigenvalue weighted by molar-refractivity contribution is -0.135. The molecule has 2 N–H and O–H groups in total. The van der Waals surface area contributed by atoms with Gasteiger partial charge in [-0.05, 0) is 56.4 Å². The van der Waals surface area contributed by atoms with Crippen molar-refractivity contribution in [3.63, 3.8) is 0 Å². The first-order valence-corrected chi connectivity index (χ1v) is 9.75. The van der Waals surface area contributed by atoms with Gasteiger partial charge in [0, 0.05) is 30.6 Å². The number of ketones is 1. The SMILES string of the molecule is CC(=O)c1ccc(C#CCCCCCO)cc1C/C=C/C1CCC(=O)NC1=O. The molecule has 0 saturated carbocycles. The highest BCUT2D eigenvalue weighted by molar-refractivity contribution is 5.99. The maximum absolute atomic E-state index is 11.9. The van der Waals surface area contributed by atoms with Gasteiger partial charge in [-0.1, -0.05) is 30.4 Å². The summed E-state index contributed by atoms with van der Waals surface area (Å²) >= 11 is 0. The van der Waals surface area contributed by atoms with E-state index in [1.54, 1.807) is 6.07 Å². The molecule has 28 heavy (non-hydrogen) atoms. The molecule has 2 amide bonds. The summed E-state index contributed by atoms with van der Waals surface area (Å²) in [4.78, 5) is 34.9. The zero-order valence-electron chi connectivity index (χ0n) is 16.3. The van der Waals surface area contributed by atoms with Crippen LogP contribution in [0.1, 0.15) is 66.9 Å². The fraction of sp³-hybridized carbons (Fsp3) is 0.435. The molecule has 5 heteroatoms. The molecule has 0 radical (unpaired) electrons. The Balaban J connectivity index is 2.03. The summed E-state index contributed by atoms with van der Waals surface area (Å²) < 4.78 is 0. The van der Waals surface area contributed by atoms with E-state index in [1.807, 2.05) is 24.3 Å². The number of aliphatic hydroxyl groups excluding tert-OH is 1. The van der Waals surface area contributed by atoms with Gasteiger partial charge < -0.3 is 5.11 Å². The molecule has 0 spiro atoms. The second-order valence-electron chi connectivity index (χ2n) is 6.95. The number of nitrogens with one attached hydrogen (secondary N) is 1. The first-order chi connectivity index (χ1) is 13.5. The van der Waals surface area contributed by atoms with E-state index in [0.29, 0.717) is 24.8 Å². The number of imide groups is 1. The lowest BCUT2D eigenvalue weighted by atomic mass is 9.95. The Labute approximate surface area is 166 Å². The molecule has 1 heterocycles. The second kappa shape index (κ2) is 11.2. The smallest absolute Gasteiger partial charge is 0.233 e. The number of hydrogen-bond acceptors (Lipinski definition) is 4. The molecule has 2 rings (SSSR count). The average molecular weight is 381 g/mol. The van der Waals surface area contributed by atoms with Gasteiger partial charge >= 0.3 is 0 Å². The summed E-state index contributed by atoms with van der Waals surface area (Å²) in [7, 11) is 0. The normalized spacial score (nSPS) is 16.6. The number of piperidine rings is 1. The van der Waals surface area contributed by atoms with Crippen molar-refractivity contribution >= 4 is 17.6 Å². The molecule has 0 aliphatic carbocycles. The summed E-state index contributed by atoms with van der Waals surface area (Å²) in [5.41, 5.74) is 2.39. The molecule has 1 aliphatic heterocycles. The molecule has 1 aliphatic rings. The molecule has 1 aromatic rings. The highest BCUT2D eigenvalue weighted by Gasteiger charge is 2.23. The van der Waals surface area contributed by atoms with E-state index in [9.17, 15) is 14.4 Å². The van der Waals surface area contributed by atoms with E-state index < -0.39 is 0 Å². The van der Waals surface area contributed by atoms with Gasteiger partial charge in [0.25, 0.3) is 0 Å². The van der Waals surface area contributed by atoms with E-state index in [4.69, 9.17) is 5.11 Å². The van der Waals surface area contributed by atoms with Crippen LogP contribution in [0.15, 0.2) is 30.4 Å². The molecule has 5 nitrogen and oxygen atoms in total. The minimum Gasteiger partial charge on any atom is -0.396 e. The van der Waals surface area contributed by atoms with Crippen molar-refractivity contribution in [3.8, 4) is 11.8 Å². The predicted octanol–water partition coefficient (Wildman–Crippen LogP) is 2.94. The number of Topliss-reactive ketones (excluding diaryl/α,β-unsaturated/α-hetero) is 1. The number of benzene rings is 1. The number of hydrogen-bond donors (Lipinski definition) is 2. The van der Waals surface area contributed by atoms with E-state index in [0.717, 1.165) is 36.8 Å². The minimum absolute atomic E-state index is 0.00656. The molecule has 1 atom stereocenters. The lowest BCUT2D eigenvalue weighted by Crippen LogP contribution is -2.39. The molecule has 1 saturated heterocycles. The Kier molecular flexibility index (Phi) is 8.64. The fourth-order valence-electron chi connectivity index (χ4n) is 3.10. The molecule has 0 bridgehead atoms. The largest absolute Gasteiger partial charge is 0.396 e. The standard InChI is InChI=1S/C23H27NO4/c1-17(26)21-13-11-18(8-5-3-2-4-6-15-25)16-20(21)10-7-9-19-12-14-22(27)24-23(19)28/h7,9,11,13,16,19,25H,2-4,6,10,12,14-15H2,1H3,(H,24,27,28)/b9-7+. The van der Waals surface area contributed by atoms with E-state index in [1.165, 1.54) is 6.92 Å². The Morgan fingerprint density at radius 2 is 2.11 bits per heavy atom. The van der Waals surface area contributed by atoms with Crippen molar-refractivity contribution in [3.05, 3.63) is 47.0 Å².